The number of hydrogen-bond donors (Lipinski definition) is 1. The molecule has 0 unspecified atom stereocenters. The Bertz CT molecular complexity index is 140. The quantitative estimate of drug-likeness (QED) is 0.569. The molecule has 11 heavy (non-hydrogen) atoms. The van der Waals surface area contributed by atoms with Gasteiger partial charge in [-0.25, -0.2) is 0 Å². The van der Waals surface area contributed by atoms with Crippen LogP contribution in [0, 0.1) is 0 Å². The maximum Gasteiger partial charge on any atom is 0.0736 e. The van der Waals surface area contributed by atoms with Gasteiger partial charge >= 0.3 is 0 Å². The summed E-state index contributed by atoms with van der Waals surface area (Å²) >= 11 is 0. The lowest BCUT2D eigenvalue weighted by Gasteiger charge is -2.25. The van der Waals surface area contributed by atoms with E-state index in [-0.39, 0.29) is 5.60 Å². The van der Waals surface area contributed by atoms with Crippen molar-refractivity contribution >= 4 is 0 Å². The summed E-state index contributed by atoms with van der Waals surface area (Å²) in [4.78, 5) is 0. The normalized spacial score (nSPS) is 42.0. The molecule has 0 amide bonds. The molecule has 1 N–H and O–H groups in total. The first-order valence-electron chi connectivity index (χ1n) is 4.59. The Hall–Kier alpha value is -0.0800. The van der Waals surface area contributed by atoms with Gasteiger partial charge in [0.1, 0.15) is 0 Å². The van der Waals surface area contributed by atoms with Crippen LogP contribution in [0.15, 0.2) is 0 Å². The number of piperidine rings is 1. The zero-order valence-corrected chi connectivity index (χ0v) is 7.39. The predicted molar refractivity (Wildman–Crippen MR) is 44.6 cm³/mol. The van der Waals surface area contributed by atoms with Crippen LogP contribution in [0.3, 0.4) is 0 Å². The van der Waals surface area contributed by atoms with Gasteiger partial charge in [-0.3, -0.25) is 0 Å². The van der Waals surface area contributed by atoms with Crippen molar-refractivity contribution < 1.29 is 4.74 Å². The molecule has 2 nitrogen and oxygen atoms in total. The lowest BCUT2D eigenvalue weighted by molar-refractivity contribution is -0.0259. The zero-order chi connectivity index (χ0) is 7.90. The molecule has 0 aromatic heterocycles. The maximum atomic E-state index is 5.89. The first-order valence-corrected chi connectivity index (χ1v) is 4.59. The van der Waals surface area contributed by atoms with Crippen molar-refractivity contribution in [3.8, 4) is 0 Å². The molecule has 0 aliphatic carbocycles. The van der Waals surface area contributed by atoms with Crippen molar-refractivity contribution in [3.05, 3.63) is 0 Å². The molecular weight excluding hydrogens is 138 g/mol. The van der Waals surface area contributed by atoms with E-state index in [0.717, 1.165) is 0 Å². The van der Waals surface area contributed by atoms with Crippen LogP contribution in [-0.2, 0) is 4.74 Å². The summed E-state index contributed by atoms with van der Waals surface area (Å²) in [5.74, 6) is 0. The molecule has 2 rings (SSSR count). The first-order chi connectivity index (χ1) is 5.17. The average molecular weight is 155 g/mol. The fraction of sp³-hybridized carbons (Fsp3) is 1.00. The molecule has 0 radical (unpaired) electrons. The number of fused-ring (bicyclic) bond motifs is 1. The molecule has 0 spiro atoms. The number of rotatable bonds is 0. The standard InChI is InChI=1S/C9H17NO/c1-9(2)6-7-8(11-9)4-3-5-10-7/h7-8,10H,3-6H2,1-2H3/t7-,8-/m0/s1. The SMILES string of the molecule is CC1(C)C[C@@H]2NCCC[C@@H]2O1. The van der Waals surface area contributed by atoms with Crippen molar-refractivity contribution in [2.24, 2.45) is 0 Å². The summed E-state index contributed by atoms with van der Waals surface area (Å²) < 4.78 is 5.89. The Kier molecular flexibility index (Phi) is 1.69. The highest BCUT2D eigenvalue weighted by atomic mass is 16.5. The first kappa shape index (κ1) is 7.56. The van der Waals surface area contributed by atoms with E-state index in [1.807, 2.05) is 0 Å². The van der Waals surface area contributed by atoms with Crippen LogP contribution in [0.5, 0.6) is 0 Å². The Morgan fingerprint density at radius 1 is 1.45 bits per heavy atom. The van der Waals surface area contributed by atoms with Crippen LogP contribution < -0.4 is 5.32 Å². The minimum atomic E-state index is 0.118. The molecule has 2 atom stereocenters. The molecule has 2 heteroatoms. The van der Waals surface area contributed by atoms with E-state index in [2.05, 4.69) is 19.2 Å². The van der Waals surface area contributed by atoms with Gasteiger partial charge in [-0.2, -0.15) is 0 Å². The van der Waals surface area contributed by atoms with Gasteiger partial charge < -0.3 is 10.1 Å². The summed E-state index contributed by atoms with van der Waals surface area (Å²) in [5.41, 5.74) is 0.118. The third-order valence-corrected chi connectivity index (χ3v) is 2.70. The second-order valence-electron chi connectivity index (χ2n) is 4.32. The van der Waals surface area contributed by atoms with E-state index in [1.165, 1.54) is 25.8 Å². The summed E-state index contributed by atoms with van der Waals surface area (Å²) in [6.07, 6.45) is 4.20. The van der Waals surface area contributed by atoms with Gasteiger partial charge in [0.25, 0.3) is 0 Å². The summed E-state index contributed by atoms with van der Waals surface area (Å²) in [6.45, 7) is 5.56. The fourth-order valence-electron chi connectivity index (χ4n) is 2.26. The average Bonchev–Trinajstić information content (AvgIpc) is 2.21. The lowest BCUT2D eigenvalue weighted by Crippen LogP contribution is -2.41. The molecule has 2 aliphatic heterocycles. The molecule has 2 heterocycles. The van der Waals surface area contributed by atoms with E-state index in [0.29, 0.717) is 12.1 Å². The van der Waals surface area contributed by atoms with Crippen molar-refractivity contribution in [1.29, 1.82) is 0 Å². The lowest BCUT2D eigenvalue weighted by atomic mass is 9.96. The van der Waals surface area contributed by atoms with Crippen LogP contribution in [-0.4, -0.2) is 24.3 Å². The summed E-state index contributed by atoms with van der Waals surface area (Å²) in [6, 6.07) is 0.638. The molecule has 2 aliphatic rings. The van der Waals surface area contributed by atoms with Gasteiger partial charge in [-0.05, 0) is 39.7 Å². The van der Waals surface area contributed by atoms with Crippen molar-refractivity contribution in [3.63, 3.8) is 0 Å². The zero-order valence-electron chi connectivity index (χ0n) is 7.39. The monoisotopic (exact) mass is 155 g/mol. The van der Waals surface area contributed by atoms with E-state index < -0.39 is 0 Å². The smallest absolute Gasteiger partial charge is 0.0736 e. The van der Waals surface area contributed by atoms with Crippen molar-refractivity contribution in [2.75, 3.05) is 6.54 Å². The molecule has 0 aromatic rings. The molecule has 0 bridgehead atoms. The van der Waals surface area contributed by atoms with Gasteiger partial charge in [-0.15, -0.1) is 0 Å². The van der Waals surface area contributed by atoms with Gasteiger partial charge in [0.2, 0.25) is 0 Å². The van der Waals surface area contributed by atoms with Crippen molar-refractivity contribution in [2.45, 2.75) is 50.9 Å². The third kappa shape index (κ3) is 1.42. The fourth-order valence-corrected chi connectivity index (χ4v) is 2.26. The van der Waals surface area contributed by atoms with Crippen LogP contribution in [0.25, 0.3) is 0 Å². The van der Waals surface area contributed by atoms with Crippen LogP contribution >= 0.6 is 0 Å². The van der Waals surface area contributed by atoms with E-state index in [4.69, 9.17) is 4.74 Å². The Balaban J connectivity index is 2.03. The molecule has 2 saturated heterocycles. The van der Waals surface area contributed by atoms with Gasteiger partial charge in [0.15, 0.2) is 0 Å². The topological polar surface area (TPSA) is 21.3 Å². The van der Waals surface area contributed by atoms with Gasteiger partial charge in [-0.1, -0.05) is 0 Å². The molecular formula is C9H17NO. The molecule has 2 fully saturated rings. The van der Waals surface area contributed by atoms with Crippen LogP contribution in [0.2, 0.25) is 0 Å². The second kappa shape index (κ2) is 2.46. The number of hydrogen-bond acceptors (Lipinski definition) is 2. The Morgan fingerprint density at radius 3 is 3.00 bits per heavy atom. The van der Waals surface area contributed by atoms with E-state index in [9.17, 15) is 0 Å². The highest BCUT2D eigenvalue weighted by molar-refractivity contribution is 4.94. The summed E-state index contributed by atoms with van der Waals surface area (Å²) in [5, 5.41) is 3.51. The highest BCUT2D eigenvalue weighted by Gasteiger charge is 2.40. The number of nitrogens with one attached hydrogen (secondary N) is 1. The molecule has 0 aromatic carbocycles. The number of ether oxygens (including phenoxy) is 1. The Morgan fingerprint density at radius 2 is 2.27 bits per heavy atom. The van der Waals surface area contributed by atoms with Gasteiger partial charge in [0.05, 0.1) is 11.7 Å². The van der Waals surface area contributed by atoms with Crippen LogP contribution in [0.4, 0.5) is 0 Å². The van der Waals surface area contributed by atoms with Crippen molar-refractivity contribution in [1.82, 2.24) is 5.32 Å². The minimum Gasteiger partial charge on any atom is -0.371 e. The minimum absolute atomic E-state index is 0.118. The van der Waals surface area contributed by atoms with E-state index >= 15 is 0 Å². The van der Waals surface area contributed by atoms with E-state index in [1.54, 1.807) is 0 Å². The predicted octanol–water partition coefficient (Wildman–Crippen LogP) is 1.31. The molecule has 64 valence electrons. The molecule has 0 saturated carbocycles. The highest BCUT2D eigenvalue weighted by Crippen LogP contribution is 2.33. The summed E-state index contributed by atoms with van der Waals surface area (Å²) in [7, 11) is 0. The third-order valence-electron chi connectivity index (χ3n) is 2.70. The maximum absolute atomic E-state index is 5.89. The largest absolute Gasteiger partial charge is 0.371 e. The Labute approximate surface area is 68.3 Å². The van der Waals surface area contributed by atoms with Gasteiger partial charge in [0, 0.05) is 6.04 Å². The second-order valence-corrected chi connectivity index (χ2v) is 4.32. The van der Waals surface area contributed by atoms with Crippen LogP contribution in [0.1, 0.15) is 33.1 Å².